The van der Waals surface area contributed by atoms with Crippen molar-refractivity contribution in [3.05, 3.63) is 53.3 Å². The van der Waals surface area contributed by atoms with Crippen molar-refractivity contribution in [2.45, 2.75) is 51.1 Å². The molecular formula is C21H26N4O2. The number of hydrogen-bond donors (Lipinski definition) is 1. The minimum absolute atomic E-state index is 0.0194. The van der Waals surface area contributed by atoms with Crippen LogP contribution in [0.2, 0.25) is 0 Å². The monoisotopic (exact) mass is 366 g/mol. The molecule has 2 heterocycles. The van der Waals surface area contributed by atoms with E-state index in [1.54, 1.807) is 4.90 Å². The van der Waals surface area contributed by atoms with Crippen LogP contribution in [0.1, 0.15) is 60.3 Å². The molecule has 0 bridgehead atoms. The fourth-order valence-corrected chi connectivity index (χ4v) is 3.77. The molecule has 2 amide bonds. The van der Waals surface area contributed by atoms with Crippen LogP contribution in [0.4, 0.5) is 0 Å². The van der Waals surface area contributed by atoms with E-state index in [-0.39, 0.29) is 17.9 Å². The molecule has 2 fully saturated rings. The third-order valence-corrected chi connectivity index (χ3v) is 5.58. The van der Waals surface area contributed by atoms with E-state index in [9.17, 15) is 9.59 Å². The number of nitrogens with one attached hydrogen (secondary N) is 1. The number of aromatic nitrogens is 2. The number of aromatic amines is 1. The van der Waals surface area contributed by atoms with Gasteiger partial charge in [0, 0.05) is 43.7 Å². The zero-order valence-corrected chi connectivity index (χ0v) is 15.7. The molecule has 0 unspecified atom stereocenters. The molecule has 1 saturated heterocycles. The molecule has 6 nitrogen and oxygen atoms in total. The first-order valence-electron chi connectivity index (χ1n) is 9.83. The summed E-state index contributed by atoms with van der Waals surface area (Å²) in [6, 6.07) is 11.9. The zero-order valence-electron chi connectivity index (χ0n) is 15.7. The zero-order chi connectivity index (χ0) is 18.8. The van der Waals surface area contributed by atoms with Crippen molar-refractivity contribution in [3.63, 3.8) is 0 Å². The maximum Gasteiger partial charge on any atom is 0.274 e. The van der Waals surface area contributed by atoms with Gasteiger partial charge in [-0.25, -0.2) is 0 Å². The number of hydrogen-bond acceptors (Lipinski definition) is 3. The lowest BCUT2D eigenvalue weighted by Gasteiger charge is -2.31. The first kappa shape index (κ1) is 17.8. The van der Waals surface area contributed by atoms with Gasteiger partial charge in [-0.3, -0.25) is 14.7 Å². The number of benzene rings is 1. The highest BCUT2D eigenvalue weighted by Crippen LogP contribution is 2.39. The van der Waals surface area contributed by atoms with Crippen molar-refractivity contribution in [3.8, 4) is 0 Å². The Labute approximate surface area is 159 Å². The van der Waals surface area contributed by atoms with E-state index in [1.807, 2.05) is 41.3 Å². The van der Waals surface area contributed by atoms with Gasteiger partial charge in [0.15, 0.2) is 0 Å². The fourth-order valence-electron chi connectivity index (χ4n) is 3.77. The van der Waals surface area contributed by atoms with Gasteiger partial charge >= 0.3 is 0 Å². The quantitative estimate of drug-likeness (QED) is 0.884. The van der Waals surface area contributed by atoms with E-state index in [2.05, 4.69) is 17.1 Å². The molecule has 1 aliphatic heterocycles. The summed E-state index contributed by atoms with van der Waals surface area (Å²) in [5, 5.41) is 7.23. The normalized spacial score (nSPS) is 20.6. The van der Waals surface area contributed by atoms with E-state index in [0.29, 0.717) is 37.7 Å². The fraction of sp³-hybridized carbons (Fsp3) is 0.476. The van der Waals surface area contributed by atoms with Crippen LogP contribution < -0.4 is 0 Å². The van der Waals surface area contributed by atoms with E-state index in [1.165, 1.54) is 12.8 Å². The van der Waals surface area contributed by atoms with Gasteiger partial charge in [-0.15, -0.1) is 0 Å². The maximum atomic E-state index is 13.0. The molecular weight excluding hydrogens is 340 g/mol. The molecule has 1 saturated carbocycles. The van der Waals surface area contributed by atoms with E-state index in [4.69, 9.17) is 0 Å². The van der Waals surface area contributed by atoms with Crippen molar-refractivity contribution >= 4 is 11.8 Å². The lowest BCUT2D eigenvalue weighted by atomic mass is 10.1. The highest BCUT2D eigenvalue weighted by Gasteiger charge is 2.32. The Kier molecular flexibility index (Phi) is 4.97. The maximum absolute atomic E-state index is 13.0. The summed E-state index contributed by atoms with van der Waals surface area (Å²) in [7, 11) is 0. The second kappa shape index (κ2) is 7.55. The number of nitrogens with zero attached hydrogens (tertiary/aromatic N) is 3. The van der Waals surface area contributed by atoms with Gasteiger partial charge in [0.25, 0.3) is 5.91 Å². The number of H-pyrrole nitrogens is 1. The van der Waals surface area contributed by atoms with Crippen LogP contribution in [0.3, 0.4) is 0 Å². The van der Waals surface area contributed by atoms with Crippen molar-refractivity contribution in [2.24, 2.45) is 0 Å². The van der Waals surface area contributed by atoms with Gasteiger partial charge in [0.05, 0.1) is 0 Å². The van der Waals surface area contributed by atoms with Crippen molar-refractivity contribution < 1.29 is 9.59 Å². The van der Waals surface area contributed by atoms with E-state index >= 15 is 0 Å². The molecule has 2 aliphatic rings. The molecule has 2 aromatic rings. The van der Waals surface area contributed by atoms with Crippen molar-refractivity contribution in [1.82, 2.24) is 20.0 Å². The molecule has 1 aliphatic carbocycles. The van der Waals surface area contributed by atoms with Crippen molar-refractivity contribution in [2.75, 3.05) is 13.1 Å². The van der Waals surface area contributed by atoms with Crippen LogP contribution in [0.5, 0.6) is 0 Å². The summed E-state index contributed by atoms with van der Waals surface area (Å²) in [6.07, 6.45) is 3.51. The first-order valence-corrected chi connectivity index (χ1v) is 9.83. The van der Waals surface area contributed by atoms with Gasteiger partial charge in [-0.1, -0.05) is 37.3 Å². The molecule has 0 spiro atoms. The summed E-state index contributed by atoms with van der Waals surface area (Å²) in [6.45, 7) is 3.67. The van der Waals surface area contributed by atoms with Gasteiger partial charge < -0.3 is 9.80 Å². The Bertz CT molecular complexity index is 813. The second-order valence-electron chi connectivity index (χ2n) is 7.55. The Balaban J connectivity index is 1.49. The molecule has 1 aromatic carbocycles. The highest BCUT2D eigenvalue weighted by molar-refractivity contribution is 5.93. The van der Waals surface area contributed by atoms with Gasteiger partial charge in [0.1, 0.15) is 5.69 Å². The second-order valence-corrected chi connectivity index (χ2v) is 7.55. The summed E-state index contributed by atoms with van der Waals surface area (Å²) in [5.74, 6) is 0.571. The number of amides is 2. The predicted octanol–water partition coefficient (Wildman–Crippen LogP) is 2.94. The average Bonchev–Trinajstić information content (AvgIpc) is 3.45. The molecule has 1 N–H and O–H groups in total. The summed E-state index contributed by atoms with van der Waals surface area (Å²) in [4.78, 5) is 29.4. The third kappa shape index (κ3) is 3.89. The smallest absolute Gasteiger partial charge is 0.274 e. The van der Waals surface area contributed by atoms with Gasteiger partial charge in [-0.05, 0) is 30.9 Å². The standard InChI is InChI=1S/C21H26N4O2/c1-2-17-14-24(21(27)19-12-18(22-23-19)16-8-9-16)11-10-20(26)25(17)13-15-6-4-3-5-7-15/h3-7,12,16-17H,2,8-11,13-14H2,1H3,(H,22,23)/t17-/m0/s1. The van der Waals surface area contributed by atoms with Crippen LogP contribution in [-0.4, -0.2) is 50.9 Å². The van der Waals surface area contributed by atoms with Crippen LogP contribution in [0.15, 0.2) is 36.4 Å². The van der Waals surface area contributed by atoms with E-state index < -0.39 is 0 Å². The summed E-state index contributed by atoms with van der Waals surface area (Å²) in [5.41, 5.74) is 2.64. The Morgan fingerprint density at radius 3 is 2.74 bits per heavy atom. The molecule has 142 valence electrons. The molecule has 4 rings (SSSR count). The van der Waals surface area contributed by atoms with Crippen LogP contribution in [0, 0.1) is 0 Å². The van der Waals surface area contributed by atoms with Crippen LogP contribution in [-0.2, 0) is 11.3 Å². The minimum atomic E-state index is -0.0778. The number of rotatable bonds is 5. The Hall–Kier alpha value is -2.63. The SMILES string of the molecule is CC[C@H]1CN(C(=O)c2cc(C3CC3)[nH]n2)CCC(=O)N1Cc1ccccc1. The summed E-state index contributed by atoms with van der Waals surface area (Å²) < 4.78 is 0. The first-order chi connectivity index (χ1) is 13.2. The van der Waals surface area contributed by atoms with Gasteiger partial charge in [0.2, 0.25) is 5.91 Å². The largest absolute Gasteiger partial charge is 0.335 e. The van der Waals surface area contributed by atoms with Crippen molar-refractivity contribution in [1.29, 1.82) is 0 Å². The Morgan fingerprint density at radius 2 is 2.04 bits per heavy atom. The third-order valence-electron chi connectivity index (χ3n) is 5.58. The van der Waals surface area contributed by atoms with Crippen LogP contribution >= 0.6 is 0 Å². The minimum Gasteiger partial charge on any atom is -0.335 e. The highest BCUT2D eigenvalue weighted by atomic mass is 16.2. The number of carbonyl (C=O) groups is 2. The number of carbonyl (C=O) groups excluding carboxylic acids is 2. The lowest BCUT2D eigenvalue weighted by molar-refractivity contribution is -0.133. The average molecular weight is 366 g/mol. The summed E-state index contributed by atoms with van der Waals surface area (Å²) >= 11 is 0. The molecule has 1 atom stereocenters. The molecule has 0 radical (unpaired) electrons. The topological polar surface area (TPSA) is 69.3 Å². The predicted molar refractivity (Wildman–Crippen MR) is 102 cm³/mol. The molecule has 6 heteroatoms. The van der Waals surface area contributed by atoms with Gasteiger partial charge in [-0.2, -0.15) is 5.10 Å². The Morgan fingerprint density at radius 1 is 1.26 bits per heavy atom. The molecule has 1 aromatic heterocycles. The van der Waals surface area contributed by atoms with E-state index in [0.717, 1.165) is 17.7 Å². The van der Waals surface area contributed by atoms with Crippen LogP contribution in [0.25, 0.3) is 0 Å². The molecule has 27 heavy (non-hydrogen) atoms. The lowest BCUT2D eigenvalue weighted by Crippen LogP contribution is -2.43.